The van der Waals surface area contributed by atoms with Crippen molar-refractivity contribution in [3.8, 4) is 0 Å². The Morgan fingerprint density at radius 2 is 2.17 bits per heavy atom. The van der Waals surface area contributed by atoms with Crippen LogP contribution < -0.4 is 5.73 Å². The summed E-state index contributed by atoms with van der Waals surface area (Å²) in [6.07, 6.45) is 2.33. The van der Waals surface area contributed by atoms with Crippen LogP contribution in [0, 0.1) is 0 Å². The van der Waals surface area contributed by atoms with Gasteiger partial charge in [-0.25, -0.2) is 0 Å². The maximum absolute atomic E-state index is 5.66. The smallest absolute Gasteiger partial charge is 0.104 e. The first-order valence-electron chi connectivity index (χ1n) is 6.08. The van der Waals surface area contributed by atoms with Gasteiger partial charge in [0.25, 0.3) is 0 Å². The Balaban J connectivity index is 2.22. The monoisotopic (exact) mass is 262 g/mol. The Morgan fingerprint density at radius 3 is 2.83 bits per heavy atom. The predicted molar refractivity (Wildman–Crippen MR) is 78.9 cm³/mol. The summed E-state index contributed by atoms with van der Waals surface area (Å²) >= 11 is 5.01. The highest BCUT2D eigenvalue weighted by Gasteiger charge is 2.04. The molecule has 0 fully saturated rings. The molecule has 0 spiro atoms. The largest absolute Gasteiger partial charge is 0.389 e. The third-order valence-electron chi connectivity index (χ3n) is 2.84. The molecule has 18 heavy (non-hydrogen) atoms. The summed E-state index contributed by atoms with van der Waals surface area (Å²) in [6, 6.07) is 8.13. The van der Waals surface area contributed by atoms with E-state index in [2.05, 4.69) is 16.8 Å². The van der Waals surface area contributed by atoms with Gasteiger partial charge in [0.1, 0.15) is 4.99 Å². The van der Waals surface area contributed by atoms with E-state index < -0.39 is 0 Å². The Labute approximate surface area is 113 Å². The number of benzene rings is 1. The molecule has 4 heteroatoms. The number of ether oxygens (including phenoxy) is 1. The molecule has 0 atom stereocenters. The number of aromatic nitrogens is 1. The van der Waals surface area contributed by atoms with Gasteiger partial charge in [-0.3, -0.25) is 0 Å². The van der Waals surface area contributed by atoms with E-state index in [1.807, 2.05) is 32.0 Å². The molecule has 0 aliphatic heterocycles. The van der Waals surface area contributed by atoms with Crippen molar-refractivity contribution >= 4 is 28.1 Å². The van der Waals surface area contributed by atoms with Crippen LogP contribution >= 0.6 is 12.2 Å². The normalized spacial score (nSPS) is 11.3. The third-order valence-corrected chi connectivity index (χ3v) is 3.08. The van der Waals surface area contributed by atoms with E-state index in [0.29, 0.717) is 11.6 Å². The molecule has 96 valence electrons. The molecule has 1 aromatic carbocycles. The van der Waals surface area contributed by atoms with Crippen LogP contribution in [-0.4, -0.2) is 22.3 Å². The molecule has 2 N–H and O–H groups in total. The quantitative estimate of drug-likeness (QED) is 0.842. The maximum Gasteiger partial charge on any atom is 0.104 e. The molecule has 0 radical (unpaired) electrons. The lowest BCUT2D eigenvalue weighted by atomic mass is 10.1. The third kappa shape index (κ3) is 2.89. The summed E-state index contributed by atoms with van der Waals surface area (Å²) in [7, 11) is 0. The summed E-state index contributed by atoms with van der Waals surface area (Å²) in [5.41, 5.74) is 7.71. The number of hydrogen-bond donors (Lipinski definition) is 1. The Morgan fingerprint density at radius 1 is 1.39 bits per heavy atom. The van der Waals surface area contributed by atoms with E-state index >= 15 is 0 Å². The SMILES string of the molecule is CC(C)OCCn1ccc2ccc(C(N)=S)cc21. The summed E-state index contributed by atoms with van der Waals surface area (Å²) < 4.78 is 7.74. The minimum absolute atomic E-state index is 0.263. The fourth-order valence-corrected chi connectivity index (χ4v) is 2.05. The van der Waals surface area contributed by atoms with E-state index in [-0.39, 0.29) is 6.10 Å². The maximum atomic E-state index is 5.66. The first-order valence-corrected chi connectivity index (χ1v) is 6.49. The minimum atomic E-state index is 0.263. The van der Waals surface area contributed by atoms with Crippen LogP contribution in [0.5, 0.6) is 0 Å². The van der Waals surface area contributed by atoms with Crippen molar-refractivity contribution in [2.24, 2.45) is 5.73 Å². The Hall–Kier alpha value is -1.39. The van der Waals surface area contributed by atoms with Gasteiger partial charge in [-0.1, -0.05) is 24.4 Å². The lowest BCUT2D eigenvalue weighted by Crippen LogP contribution is -2.11. The standard InChI is InChI=1S/C14H18N2OS/c1-10(2)17-8-7-16-6-5-11-3-4-12(14(15)18)9-13(11)16/h3-6,9-10H,7-8H2,1-2H3,(H2,15,18). The van der Waals surface area contributed by atoms with E-state index in [1.165, 1.54) is 5.39 Å². The molecule has 0 bridgehead atoms. The molecular formula is C14H18N2OS. The molecule has 1 aromatic heterocycles. The summed E-state index contributed by atoms with van der Waals surface area (Å²) in [6.45, 7) is 5.62. The van der Waals surface area contributed by atoms with Gasteiger partial charge in [0.15, 0.2) is 0 Å². The van der Waals surface area contributed by atoms with Crippen LogP contribution in [0.15, 0.2) is 30.5 Å². The zero-order valence-electron chi connectivity index (χ0n) is 10.7. The van der Waals surface area contributed by atoms with Crippen LogP contribution in [0.3, 0.4) is 0 Å². The van der Waals surface area contributed by atoms with Crippen LogP contribution in [0.2, 0.25) is 0 Å². The van der Waals surface area contributed by atoms with Gasteiger partial charge >= 0.3 is 0 Å². The van der Waals surface area contributed by atoms with Crippen LogP contribution in [0.25, 0.3) is 10.9 Å². The fraction of sp³-hybridized carbons (Fsp3) is 0.357. The molecule has 1 heterocycles. The van der Waals surface area contributed by atoms with Crippen molar-refractivity contribution in [1.29, 1.82) is 0 Å². The second kappa shape index (κ2) is 5.50. The van der Waals surface area contributed by atoms with Crippen LogP contribution in [0.1, 0.15) is 19.4 Å². The van der Waals surface area contributed by atoms with Crippen molar-refractivity contribution in [2.45, 2.75) is 26.5 Å². The second-order valence-corrected chi connectivity index (χ2v) is 5.01. The summed E-state index contributed by atoms with van der Waals surface area (Å²) in [5.74, 6) is 0. The first-order chi connectivity index (χ1) is 8.58. The number of thiocarbonyl (C=S) groups is 1. The molecule has 0 saturated heterocycles. The van der Waals surface area contributed by atoms with Gasteiger partial charge < -0.3 is 15.0 Å². The molecule has 0 aliphatic carbocycles. The predicted octanol–water partition coefficient (Wildman–Crippen LogP) is 2.70. The lowest BCUT2D eigenvalue weighted by Gasteiger charge is -2.09. The van der Waals surface area contributed by atoms with E-state index in [0.717, 1.165) is 17.6 Å². The molecule has 3 nitrogen and oxygen atoms in total. The van der Waals surface area contributed by atoms with Crippen molar-refractivity contribution in [1.82, 2.24) is 4.57 Å². The van der Waals surface area contributed by atoms with Crippen LogP contribution in [0.4, 0.5) is 0 Å². The van der Waals surface area contributed by atoms with Gasteiger partial charge in [0.05, 0.1) is 12.7 Å². The van der Waals surface area contributed by atoms with Gasteiger partial charge in [-0.05, 0) is 31.4 Å². The number of nitrogens with two attached hydrogens (primary N) is 1. The molecule has 0 aliphatic rings. The highest BCUT2D eigenvalue weighted by atomic mass is 32.1. The average molecular weight is 262 g/mol. The zero-order valence-corrected chi connectivity index (χ0v) is 11.5. The number of nitrogens with zero attached hydrogens (tertiary/aromatic N) is 1. The number of rotatable bonds is 5. The van der Waals surface area contributed by atoms with Gasteiger partial charge in [-0.2, -0.15) is 0 Å². The van der Waals surface area contributed by atoms with E-state index in [9.17, 15) is 0 Å². The highest BCUT2D eigenvalue weighted by Crippen LogP contribution is 2.17. The summed E-state index contributed by atoms with van der Waals surface area (Å²) in [4.78, 5) is 0.433. The van der Waals surface area contributed by atoms with E-state index in [1.54, 1.807) is 0 Å². The molecule has 2 rings (SSSR count). The molecule has 0 saturated carbocycles. The molecule has 0 amide bonds. The minimum Gasteiger partial charge on any atom is -0.389 e. The van der Waals surface area contributed by atoms with E-state index in [4.69, 9.17) is 22.7 Å². The van der Waals surface area contributed by atoms with Gasteiger partial charge in [0, 0.05) is 23.8 Å². The molecule has 2 aromatic rings. The number of fused-ring (bicyclic) bond motifs is 1. The van der Waals surface area contributed by atoms with Crippen molar-refractivity contribution in [3.05, 3.63) is 36.0 Å². The van der Waals surface area contributed by atoms with Gasteiger partial charge in [-0.15, -0.1) is 0 Å². The van der Waals surface area contributed by atoms with Crippen molar-refractivity contribution in [3.63, 3.8) is 0 Å². The Bertz CT molecular complexity index is 560. The zero-order chi connectivity index (χ0) is 13.1. The van der Waals surface area contributed by atoms with Crippen molar-refractivity contribution < 1.29 is 4.74 Å². The molecular weight excluding hydrogens is 244 g/mol. The first kappa shape index (κ1) is 13.1. The second-order valence-electron chi connectivity index (χ2n) is 4.57. The lowest BCUT2D eigenvalue weighted by molar-refractivity contribution is 0.0733. The summed E-state index contributed by atoms with van der Waals surface area (Å²) in [5, 5.41) is 1.19. The average Bonchev–Trinajstić information content (AvgIpc) is 2.71. The van der Waals surface area contributed by atoms with Gasteiger partial charge in [0.2, 0.25) is 0 Å². The topological polar surface area (TPSA) is 40.2 Å². The van der Waals surface area contributed by atoms with Crippen LogP contribution in [-0.2, 0) is 11.3 Å². The molecule has 0 unspecified atom stereocenters. The van der Waals surface area contributed by atoms with Crippen molar-refractivity contribution in [2.75, 3.05) is 6.61 Å². The Kier molecular flexibility index (Phi) is 3.99. The number of hydrogen-bond acceptors (Lipinski definition) is 2. The highest BCUT2D eigenvalue weighted by molar-refractivity contribution is 7.80. The fourth-order valence-electron chi connectivity index (χ4n) is 1.92.